The van der Waals surface area contributed by atoms with E-state index in [1.54, 1.807) is 0 Å². The molecule has 3 nitrogen and oxygen atoms in total. The molecule has 1 aliphatic heterocycles. The topological polar surface area (TPSA) is 29.5 Å². The molecule has 2 aromatic carbocycles. The molecule has 0 aliphatic carbocycles. The van der Waals surface area contributed by atoms with Crippen LogP contribution < -0.4 is 0 Å². The first kappa shape index (κ1) is 16.7. The van der Waals surface area contributed by atoms with Gasteiger partial charge < -0.3 is 4.74 Å². The van der Waals surface area contributed by atoms with Crippen LogP contribution in [0.15, 0.2) is 54.6 Å². The number of likely N-dealkylation sites (tertiary alicyclic amines) is 1. The van der Waals surface area contributed by atoms with Crippen molar-refractivity contribution in [2.75, 3.05) is 13.2 Å². The molecule has 24 heavy (non-hydrogen) atoms. The third-order valence-corrected chi connectivity index (χ3v) is 4.62. The molecule has 1 fully saturated rings. The summed E-state index contributed by atoms with van der Waals surface area (Å²) in [5, 5.41) is 0. The van der Waals surface area contributed by atoms with E-state index in [1.165, 1.54) is 16.7 Å². The van der Waals surface area contributed by atoms with Gasteiger partial charge in [0.1, 0.15) is 6.04 Å². The van der Waals surface area contributed by atoms with Crippen LogP contribution in [-0.2, 0) is 16.1 Å². The molecule has 0 aromatic heterocycles. The predicted molar refractivity (Wildman–Crippen MR) is 96.6 cm³/mol. The Kier molecular flexibility index (Phi) is 5.65. The van der Waals surface area contributed by atoms with E-state index in [2.05, 4.69) is 53.4 Å². The fourth-order valence-corrected chi connectivity index (χ4v) is 3.35. The SMILES string of the molecule is CCOC(=O)[C@H]1CCCCN1Cc1ccc(-c2ccccc2)cc1. The van der Waals surface area contributed by atoms with Crippen LogP contribution in [0.25, 0.3) is 11.1 Å². The summed E-state index contributed by atoms with van der Waals surface area (Å²) >= 11 is 0. The third kappa shape index (κ3) is 4.04. The van der Waals surface area contributed by atoms with Crippen LogP contribution in [0.2, 0.25) is 0 Å². The van der Waals surface area contributed by atoms with E-state index < -0.39 is 0 Å². The highest BCUT2D eigenvalue weighted by Gasteiger charge is 2.29. The van der Waals surface area contributed by atoms with E-state index in [4.69, 9.17) is 4.74 Å². The first-order valence-electron chi connectivity index (χ1n) is 8.83. The molecule has 0 amide bonds. The molecular formula is C21H25NO2. The minimum absolute atomic E-state index is 0.0712. The molecule has 0 saturated carbocycles. The van der Waals surface area contributed by atoms with Crippen molar-refractivity contribution in [1.82, 2.24) is 4.90 Å². The summed E-state index contributed by atoms with van der Waals surface area (Å²) in [5.74, 6) is -0.0712. The van der Waals surface area contributed by atoms with Crippen LogP contribution in [-0.4, -0.2) is 30.1 Å². The molecule has 1 atom stereocenters. The van der Waals surface area contributed by atoms with Crippen molar-refractivity contribution >= 4 is 5.97 Å². The number of nitrogens with zero attached hydrogens (tertiary/aromatic N) is 1. The van der Waals surface area contributed by atoms with Crippen molar-refractivity contribution < 1.29 is 9.53 Å². The second kappa shape index (κ2) is 8.11. The Morgan fingerprint density at radius 1 is 1.04 bits per heavy atom. The van der Waals surface area contributed by atoms with Crippen molar-refractivity contribution in [1.29, 1.82) is 0 Å². The highest BCUT2D eigenvalue weighted by molar-refractivity contribution is 5.75. The van der Waals surface area contributed by atoms with Gasteiger partial charge in [-0.15, -0.1) is 0 Å². The van der Waals surface area contributed by atoms with Crippen molar-refractivity contribution in [3.8, 4) is 11.1 Å². The van der Waals surface area contributed by atoms with Crippen LogP contribution >= 0.6 is 0 Å². The maximum Gasteiger partial charge on any atom is 0.323 e. The maximum atomic E-state index is 12.2. The fraction of sp³-hybridized carbons (Fsp3) is 0.381. The molecule has 0 spiro atoms. The average molecular weight is 323 g/mol. The molecule has 3 heteroatoms. The maximum absolute atomic E-state index is 12.2. The lowest BCUT2D eigenvalue weighted by molar-refractivity contribution is -0.151. The smallest absolute Gasteiger partial charge is 0.323 e. The van der Waals surface area contributed by atoms with Gasteiger partial charge in [-0.05, 0) is 43.0 Å². The number of carbonyl (C=O) groups excluding carboxylic acids is 1. The quantitative estimate of drug-likeness (QED) is 0.770. The standard InChI is InChI=1S/C21H25NO2/c1-2-24-21(23)20-10-6-7-15-22(20)16-17-11-13-19(14-12-17)18-8-4-3-5-9-18/h3-5,8-9,11-14,20H,2,6-7,10,15-16H2,1H3/t20-/m1/s1. The second-order valence-corrected chi connectivity index (χ2v) is 6.30. The molecule has 0 N–H and O–H groups in total. The van der Waals surface area contributed by atoms with Crippen LogP contribution in [0, 0.1) is 0 Å². The minimum atomic E-state index is -0.0903. The Labute approximate surface area is 144 Å². The minimum Gasteiger partial charge on any atom is -0.465 e. The molecule has 0 radical (unpaired) electrons. The number of esters is 1. The second-order valence-electron chi connectivity index (χ2n) is 6.30. The molecule has 1 heterocycles. The van der Waals surface area contributed by atoms with Crippen LogP contribution in [0.4, 0.5) is 0 Å². The Balaban J connectivity index is 1.69. The predicted octanol–water partition coefficient (Wildman–Crippen LogP) is 4.27. The van der Waals surface area contributed by atoms with Gasteiger partial charge in [0.05, 0.1) is 6.61 Å². The summed E-state index contributed by atoms with van der Waals surface area (Å²) in [6.45, 7) is 4.09. The largest absolute Gasteiger partial charge is 0.465 e. The van der Waals surface area contributed by atoms with Crippen molar-refractivity contribution in [3.63, 3.8) is 0 Å². The number of benzene rings is 2. The lowest BCUT2D eigenvalue weighted by Crippen LogP contribution is -2.44. The molecule has 1 aliphatic rings. The monoisotopic (exact) mass is 323 g/mol. The van der Waals surface area contributed by atoms with Crippen LogP contribution in [0.3, 0.4) is 0 Å². The van der Waals surface area contributed by atoms with Gasteiger partial charge in [0.15, 0.2) is 0 Å². The molecule has 1 saturated heterocycles. The Bertz CT molecular complexity index is 651. The molecule has 126 valence electrons. The Morgan fingerprint density at radius 2 is 1.75 bits per heavy atom. The summed E-state index contributed by atoms with van der Waals surface area (Å²) in [6, 6.07) is 19.0. The Morgan fingerprint density at radius 3 is 2.46 bits per heavy atom. The van der Waals surface area contributed by atoms with E-state index in [1.807, 2.05) is 13.0 Å². The number of ether oxygens (including phenoxy) is 1. The highest BCUT2D eigenvalue weighted by Crippen LogP contribution is 2.23. The molecule has 2 aromatic rings. The zero-order valence-corrected chi connectivity index (χ0v) is 14.3. The van der Waals surface area contributed by atoms with Gasteiger partial charge in [-0.2, -0.15) is 0 Å². The first-order chi connectivity index (χ1) is 11.8. The summed E-state index contributed by atoms with van der Waals surface area (Å²) in [6.07, 6.45) is 3.16. The van der Waals surface area contributed by atoms with E-state index in [0.717, 1.165) is 32.4 Å². The number of piperidine rings is 1. The van der Waals surface area contributed by atoms with Gasteiger partial charge >= 0.3 is 5.97 Å². The van der Waals surface area contributed by atoms with E-state index in [-0.39, 0.29) is 12.0 Å². The Hall–Kier alpha value is -2.13. The van der Waals surface area contributed by atoms with Crippen molar-refractivity contribution in [2.45, 2.75) is 38.8 Å². The van der Waals surface area contributed by atoms with Gasteiger partial charge in [0.2, 0.25) is 0 Å². The first-order valence-corrected chi connectivity index (χ1v) is 8.83. The number of hydrogen-bond donors (Lipinski definition) is 0. The van der Waals surface area contributed by atoms with Crippen molar-refractivity contribution in [2.24, 2.45) is 0 Å². The normalized spacial score (nSPS) is 18.3. The molecule has 0 unspecified atom stereocenters. The summed E-state index contributed by atoms with van der Waals surface area (Å²) in [7, 11) is 0. The number of carbonyl (C=O) groups is 1. The van der Waals surface area contributed by atoms with Gasteiger partial charge in [0.25, 0.3) is 0 Å². The van der Waals surface area contributed by atoms with Gasteiger partial charge in [-0.3, -0.25) is 9.69 Å². The molecular weight excluding hydrogens is 298 g/mol. The summed E-state index contributed by atoms with van der Waals surface area (Å²) in [4.78, 5) is 14.4. The van der Waals surface area contributed by atoms with E-state index in [9.17, 15) is 4.79 Å². The third-order valence-electron chi connectivity index (χ3n) is 4.62. The zero-order valence-electron chi connectivity index (χ0n) is 14.3. The molecule has 0 bridgehead atoms. The van der Waals surface area contributed by atoms with Gasteiger partial charge in [-0.1, -0.05) is 61.0 Å². The lowest BCUT2D eigenvalue weighted by atomic mass is 10.00. The van der Waals surface area contributed by atoms with E-state index >= 15 is 0 Å². The zero-order chi connectivity index (χ0) is 16.8. The summed E-state index contributed by atoms with van der Waals surface area (Å²) < 4.78 is 5.25. The van der Waals surface area contributed by atoms with Crippen LogP contribution in [0.1, 0.15) is 31.7 Å². The van der Waals surface area contributed by atoms with E-state index in [0.29, 0.717) is 6.61 Å². The molecule has 3 rings (SSSR count). The summed E-state index contributed by atoms with van der Waals surface area (Å²) in [5.41, 5.74) is 3.69. The number of hydrogen-bond acceptors (Lipinski definition) is 3. The van der Waals surface area contributed by atoms with Gasteiger partial charge in [-0.25, -0.2) is 0 Å². The average Bonchev–Trinajstić information content (AvgIpc) is 2.64. The van der Waals surface area contributed by atoms with Crippen LogP contribution in [0.5, 0.6) is 0 Å². The van der Waals surface area contributed by atoms with Gasteiger partial charge in [0, 0.05) is 6.54 Å². The number of rotatable bonds is 5. The fourth-order valence-electron chi connectivity index (χ4n) is 3.35. The highest BCUT2D eigenvalue weighted by atomic mass is 16.5. The lowest BCUT2D eigenvalue weighted by Gasteiger charge is -2.34. The van der Waals surface area contributed by atoms with Crippen molar-refractivity contribution in [3.05, 3.63) is 60.2 Å².